The van der Waals surface area contributed by atoms with Crippen molar-refractivity contribution in [2.24, 2.45) is 0 Å². The Kier molecular flexibility index (Phi) is 5.61. The molecule has 1 aromatic heterocycles. The highest BCUT2D eigenvalue weighted by molar-refractivity contribution is 6.02. The fourth-order valence-corrected chi connectivity index (χ4v) is 2.83. The SMILES string of the molecule is CC(NCC(=O)Nc1cc([NH+](C)C)nc2ccccc12)c1ccccc1. The van der Waals surface area contributed by atoms with Gasteiger partial charge >= 0.3 is 0 Å². The number of amides is 1. The summed E-state index contributed by atoms with van der Waals surface area (Å²) >= 11 is 0. The molecule has 5 heteroatoms. The first-order valence-electron chi connectivity index (χ1n) is 8.83. The minimum Gasteiger partial charge on any atom is -0.324 e. The summed E-state index contributed by atoms with van der Waals surface area (Å²) in [7, 11) is 4.04. The van der Waals surface area contributed by atoms with Crippen LogP contribution >= 0.6 is 0 Å². The smallest absolute Gasteiger partial charge is 0.238 e. The highest BCUT2D eigenvalue weighted by Gasteiger charge is 2.13. The van der Waals surface area contributed by atoms with Gasteiger partial charge in [0.25, 0.3) is 0 Å². The number of fused-ring (bicyclic) bond motifs is 1. The first-order valence-corrected chi connectivity index (χ1v) is 8.83. The third kappa shape index (κ3) is 4.25. The largest absolute Gasteiger partial charge is 0.324 e. The predicted octanol–water partition coefficient (Wildman–Crippen LogP) is 2.30. The van der Waals surface area contributed by atoms with Gasteiger partial charge in [-0.05, 0) is 18.6 Å². The van der Waals surface area contributed by atoms with Crippen molar-refractivity contribution in [1.29, 1.82) is 0 Å². The lowest BCUT2D eigenvalue weighted by Gasteiger charge is -2.15. The van der Waals surface area contributed by atoms with Crippen LogP contribution in [0.1, 0.15) is 18.5 Å². The molecule has 5 nitrogen and oxygen atoms in total. The quantitative estimate of drug-likeness (QED) is 0.640. The van der Waals surface area contributed by atoms with Crippen LogP contribution in [0.3, 0.4) is 0 Å². The zero-order valence-corrected chi connectivity index (χ0v) is 15.4. The number of rotatable bonds is 6. The standard InChI is InChI=1S/C21H24N4O/c1-15(16-9-5-4-6-10-16)22-14-21(26)24-19-13-20(25(2)3)23-18-12-8-7-11-17(18)19/h4-13,15,22H,14H2,1-3H3,(H,23,24,26)/p+1. The number of aromatic nitrogens is 1. The van der Waals surface area contributed by atoms with Crippen molar-refractivity contribution in [3.8, 4) is 0 Å². The van der Waals surface area contributed by atoms with E-state index in [2.05, 4.69) is 34.7 Å². The lowest BCUT2D eigenvalue weighted by atomic mass is 10.1. The maximum absolute atomic E-state index is 12.5. The summed E-state index contributed by atoms with van der Waals surface area (Å²) in [6.07, 6.45) is 0. The molecule has 1 heterocycles. The van der Waals surface area contributed by atoms with Gasteiger partial charge in [0, 0.05) is 17.5 Å². The Balaban J connectivity index is 1.73. The van der Waals surface area contributed by atoms with Crippen LogP contribution in [0.4, 0.5) is 11.5 Å². The summed E-state index contributed by atoms with van der Waals surface area (Å²) in [4.78, 5) is 18.2. The van der Waals surface area contributed by atoms with Crippen molar-refractivity contribution < 1.29 is 9.69 Å². The number of pyridine rings is 1. The van der Waals surface area contributed by atoms with Crippen LogP contribution in [0.2, 0.25) is 0 Å². The van der Waals surface area contributed by atoms with Crippen LogP contribution in [0.15, 0.2) is 60.7 Å². The molecule has 0 bridgehead atoms. The number of hydrogen-bond acceptors (Lipinski definition) is 3. The second-order valence-corrected chi connectivity index (χ2v) is 6.63. The van der Waals surface area contributed by atoms with Gasteiger partial charge in [0.05, 0.1) is 31.8 Å². The zero-order valence-electron chi connectivity index (χ0n) is 15.4. The maximum atomic E-state index is 12.5. The third-order valence-electron chi connectivity index (χ3n) is 4.37. The number of hydrogen-bond donors (Lipinski definition) is 3. The first-order chi connectivity index (χ1) is 12.5. The van der Waals surface area contributed by atoms with E-state index in [4.69, 9.17) is 0 Å². The summed E-state index contributed by atoms with van der Waals surface area (Å²) in [6.45, 7) is 2.30. The van der Waals surface area contributed by atoms with E-state index >= 15 is 0 Å². The third-order valence-corrected chi connectivity index (χ3v) is 4.37. The molecule has 134 valence electrons. The molecule has 26 heavy (non-hydrogen) atoms. The normalized spacial score (nSPS) is 12.3. The second kappa shape index (κ2) is 8.08. The molecule has 2 aromatic carbocycles. The molecule has 0 aliphatic heterocycles. The lowest BCUT2D eigenvalue weighted by Crippen LogP contribution is -3.00. The summed E-state index contributed by atoms with van der Waals surface area (Å²) < 4.78 is 0. The molecular formula is C21H25N4O+. The second-order valence-electron chi connectivity index (χ2n) is 6.63. The highest BCUT2D eigenvalue weighted by atomic mass is 16.1. The van der Waals surface area contributed by atoms with Gasteiger partial charge in [-0.2, -0.15) is 4.98 Å². The fourth-order valence-electron chi connectivity index (χ4n) is 2.83. The van der Waals surface area contributed by atoms with Gasteiger partial charge in [0.15, 0.2) is 0 Å². The number of quaternary nitrogens is 1. The molecule has 1 amide bonds. The average molecular weight is 349 g/mol. The predicted molar refractivity (Wildman–Crippen MR) is 106 cm³/mol. The van der Waals surface area contributed by atoms with Gasteiger partial charge in [-0.15, -0.1) is 0 Å². The van der Waals surface area contributed by atoms with Gasteiger partial charge < -0.3 is 10.6 Å². The topological polar surface area (TPSA) is 58.5 Å². The van der Waals surface area contributed by atoms with Crippen molar-refractivity contribution >= 4 is 28.3 Å². The Hall–Kier alpha value is -2.76. The molecule has 3 rings (SSSR count). The molecule has 0 saturated carbocycles. The van der Waals surface area contributed by atoms with Gasteiger partial charge in [0.1, 0.15) is 0 Å². The first kappa shape index (κ1) is 18.0. The number of benzene rings is 2. The summed E-state index contributed by atoms with van der Waals surface area (Å²) in [5.74, 6) is 0.827. The van der Waals surface area contributed by atoms with E-state index in [-0.39, 0.29) is 18.5 Å². The molecular weight excluding hydrogens is 324 g/mol. The van der Waals surface area contributed by atoms with Crippen LogP contribution in [-0.2, 0) is 4.79 Å². The summed E-state index contributed by atoms with van der Waals surface area (Å²) in [5.41, 5.74) is 2.84. The van der Waals surface area contributed by atoms with E-state index in [1.54, 1.807) is 0 Å². The summed E-state index contributed by atoms with van der Waals surface area (Å²) in [6, 6.07) is 20.0. The molecule has 1 atom stereocenters. The highest BCUT2D eigenvalue weighted by Crippen LogP contribution is 2.23. The molecule has 0 fully saturated rings. The number of carbonyl (C=O) groups is 1. The van der Waals surface area contributed by atoms with Gasteiger partial charge in [-0.1, -0.05) is 48.5 Å². The number of anilines is 1. The average Bonchev–Trinajstić information content (AvgIpc) is 2.66. The molecule has 0 aliphatic rings. The van der Waals surface area contributed by atoms with Crippen molar-refractivity contribution in [3.05, 3.63) is 66.2 Å². The number of carbonyl (C=O) groups excluding carboxylic acids is 1. The fraction of sp³-hybridized carbons (Fsp3) is 0.238. The Bertz CT molecular complexity index is 893. The van der Waals surface area contributed by atoms with Crippen molar-refractivity contribution in [2.75, 3.05) is 26.0 Å². The van der Waals surface area contributed by atoms with Crippen molar-refractivity contribution in [3.63, 3.8) is 0 Å². The maximum Gasteiger partial charge on any atom is 0.238 e. The van der Waals surface area contributed by atoms with Crippen LogP contribution in [0.5, 0.6) is 0 Å². The van der Waals surface area contributed by atoms with E-state index in [1.807, 2.05) is 62.6 Å². The molecule has 1 unspecified atom stereocenters. The molecule has 0 saturated heterocycles. The van der Waals surface area contributed by atoms with Crippen LogP contribution < -0.4 is 15.5 Å². The Morgan fingerprint density at radius 1 is 1.08 bits per heavy atom. The van der Waals surface area contributed by atoms with Crippen molar-refractivity contribution in [2.45, 2.75) is 13.0 Å². The van der Waals surface area contributed by atoms with E-state index < -0.39 is 0 Å². The number of para-hydroxylation sites is 1. The van der Waals surface area contributed by atoms with Gasteiger partial charge in [-0.25, -0.2) is 0 Å². The Labute approximate surface area is 154 Å². The molecule has 0 radical (unpaired) electrons. The summed E-state index contributed by atoms with van der Waals surface area (Å²) in [5, 5.41) is 7.25. The minimum absolute atomic E-state index is 0.0659. The van der Waals surface area contributed by atoms with Crippen molar-refractivity contribution in [1.82, 2.24) is 10.3 Å². The molecule has 3 N–H and O–H groups in total. The number of nitrogens with zero attached hydrogens (tertiary/aromatic N) is 1. The molecule has 3 aromatic rings. The lowest BCUT2D eigenvalue weighted by molar-refractivity contribution is -0.789. The van der Waals surface area contributed by atoms with E-state index in [9.17, 15) is 4.79 Å². The van der Waals surface area contributed by atoms with E-state index in [0.29, 0.717) is 0 Å². The minimum atomic E-state index is -0.0659. The van der Waals surface area contributed by atoms with Crippen LogP contribution in [0, 0.1) is 0 Å². The van der Waals surface area contributed by atoms with Gasteiger partial charge in [0.2, 0.25) is 11.7 Å². The molecule has 0 spiro atoms. The van der Waals surface area contributed by atoms with Crippen LogP contribution in [-0.4, -0.2) is 31.5 Å². The molecule has 0 aliphatic carbocycles. The van der Waals surface area contributed by atoms with E-state index in [1.165, 1.54) is 0 Å². The van der Waals surface area contributed by atoms with Crippen LogP contribution in [0.25, 0.3) is 10.9 Å². The monoisotopic (exact) mass is 349 g/mol. The number of nitrogens with one attached hydrogen (secondary N) is 3. The Morgan fingerprint density at radius 2 is 1.77 bits per heavy atom. The van der Waals surface area contributed by atoms with E-state index in [0.717, 1.165) is 32.9 Å². The Morgan fingerprint density at radius 3 is 2.50 bits per heavy atom. The van der Waals surface area contributed by atoms with Gasteiger partial charge in [-0.3, -0.25) is 9.69 Å². The zero-order chi connectivity index (χ0) is 18.5.